The third kappa shape index (κ3) is 1.88. The molecule has 0 aliphatic carbocycles. The number of ether oxygens (including phenoxy) is 1. The Balaban J connectivity index is 3.32. The molecule has 0 saturated carbocycles. The second-order valence-corrected chi connectivity index (χ2v) is 3.01. The number of halogens is 3. The highest BCUT2D eigenvalue weighted by molar-refractivity contribution is 9.10. The van der Waals surface area contributed by atoms with Crippen molar-refractivity contribution in [2.24, 2.45) is 0 Å². The standard InChI is InChI=1S/C7H6BrF2NO2/c1-13-7-4(8)5(12)3(2-11-7)6(9)10/h2,6H,1H3,(H,11,12). The molecule has 0 bridgehead atoms. The van der Waals surface area contributed by atoms with Crippen LogP contribution in [-0.4, -0.2) is 12.1 Å². The number of hydrogen-bond acceptors (Lipinski definition) is 2. The van der Waals surface area contributed by atoms with Crippen molar-refractivity contribution in [3.05, 3.63) is 26.5 Å². The second kappa shape index (κ2) is 3.87. The van der Waals surface area contributed by atoms with Gasteiger partial charge in [-0.15, -0.1) is 0 Å². The molecular formula is C7H6BrF2NO2. The van der Waals surface area contributed by atoms with E-state index in [1.54, 1.807) is 0 Å². The van der Waals surface area contributed by atoms with Gasteiger partial charge in [0.2, 0.25) is 11.3 Å². The van der Waals surface area contributed by atoms with Crippen molar-refractivity contribution in [1.29, 1.82) is 0 Å². The van der Waals surface area contributed by atoms with Crippen molar-refractivity contribution >= 4 is 15.9 Å². The smallest absolute Gasteiger partial charge is 0.269 e. The highest BCUT2D eigenvalue weighted by Gasteiger charge is 2.16. The molecule has 1 rings (SSSR count). The number of alkyl halides is 2. The Labute approximate surface area is 80.9 Å². The molecule has 1 aromatic heterocycles. The number of aromatic amines is 1. The highest BCUT2D eigenvalue weighted by Crippen LogP contribution is 2.21. The van der Waals surface area contributed by atoms with Gasteiger partial charge in [0.05, 0.1) is 12.7 Å². The first-order chi connectivity index (χ1) is 6.07. The van der Waals surface area contributed by atoms with Crippen molar-refractivity contribution in [1.82, 2.24) is 4.98 Å². The maximum atomic E-state index is 12.2. The Morgan fingerprint density at radius 1 is 1.62 bits per heavy atom. The van der Waals surface area contributed by atoms with Gasteiger partial charge in [-0.2, -0.15) is 0 Å². The van der Waals surface area contributed by atoms with Crippen molar-refractivity contribution in [3.8, 4) is 5.88 Å². The fraction of sp³-hybridized carbons (Fsp3) is 0.286. The maximum absolute atomic E-state index is 12.2. The average molecular weight is 254 g/mol. The molecule has 0 fully saturated rings. The van der Waals surface area contributed by atoms with Crippen LogP contribution in [0, 0.1) is 0 Å². The third-order valence-electron chi connectivity index (χ3n) is 1.46. The molecule has 72 valence electrons. The van der Waals surface area contributed by atoms with Gasteiger partial charge in [0.25, 0.3) is 6.43 Å². The number of H-pyrrole nitrogens is 1. The van der Waals surface area contributed by atoms with Crippen LogP contribution in [0.5, 0.6) is 5.88 Å². The first kappa shape index (κ1) is 10.2. The van der Waals surface area contributed by atoms with E-state index in [2.05, 4.69) is 20.9 Å². The predicted octanol–water partition coefficient (Wildman–Crippen LogP) is 2.08. The second-order valence-electron chi connectivity index (χ2n) is 2.22. The highest BCUT2D eigenvalue weighted by atomic mass is 79.9. The van der Waals surface area contributed by atoms with Crippen LogP contribution in [0.3, 0.4) is 0 Å². The lowest BCUT2D eigenvalue weighted by Gasteiger charge is -2.04. The van der Waals surface area contributed by atoms with Gasteiger partial charge in [0.1, 0.15) is 4.47 Å². The van der Waals surface area contributed by atoms with Crippen molar-refractivity contribution in [2.75, 3.05) is 7.11 Å². The fourth-order valence-electron chi connectivity index (χ4n) is 0.813. The first-order valence-corrected chi connectivity index (χ1v) is 4.10. The Morgan fingerprint density at radius 3 is 2.69 bits per heavy atom. The normalized spacial score (nSPS) is 10.5. The molecule has 0 unspecified atom stereocenters. The SMILES string of the molecule is COc1[nH]cc(C(F)F)c(=O)c1Br. The van der Waals surface area contributed by atoms with Crippen LogP contribution in [0.1, 0.15) is 12.0 Å². The number of nitrogens with one attached hydrogen (secondary N) is 1. The minimum Gasteiger partial charge on any atom is -0.481 e. The van der Waals surface area contributed by atoms with Gasteiger partial charge in [-0.05, 0) is 15.9 Å². The van der Waals surface area contributed by atoms with Gasteiger partial charge in [-0.3, -0.25) is 4.79 Å². The van der Waals surface area contributed by atoms with E-state index < -0.39 is 17.4 Å². The summed E-state index contributed by atoms with van der Waals surface area (Å²) in [5, 5.41) is 0. The molecule has 3 nitrogen and oxygen atoms in total. The quantitative estimate of drug-likeness (QED) is 0.877. The van der Waals surface area contributed by atoms with E-state index in [1.807, 2.05) is 0 Å². The molecule has 0 aliphatic heterocycles. The van der Waals surface area contributed by atoms with Crippen LogP contribution < -0.4 is 10.2 Å². The fourth-order valence-corrected chi connectivity index (χ4v) is 1.32. The summed E-state index contributed by atoms with van der Waals surface area (Å²) in [6, 6.07) is 0. The summed E-state index contributed by atoms with van der Waals surface area (Å²) < 4.78 is 29.0. The molecular weight excluding hydrogens is 248 g/mol. The zero-order valence-electron chi connectivity index (χ0n) is 6.61. The minimum atomic E-state index is -2.79. The number of methoxy groups -OCH3 is 1. The first-order valence-electron chi connectivity index (χ1n) is 3.31. The molecule has 0 radical (unpaired) electrons. The maximum Gasteiger partial charge on any atom is 0.269 e. The van der Waals surface area contributed by atoms with E-state index in [0.717, 1.165) is 6.20 Å². The molecule has 13 heavy (non-hydrogen) atoms. The average Bonchev–Trinajstić information content (AvgIpc) is 2.09. The summed E-state index contributed by atoms with van der Waals surface area (Å²) in [7, 11) is 1.33. The molecule has 0 saturated heterocycles. The lowest BCUT2D eigenvalue weighted by atomic mass is 10.3. The van der Waals surface area contributed by atoms with E-state index in [1.165, 1.54) is 7.11 Å². The van der Waals surface area contributed by atoms with Crippen LogP contribution in [-0.2, 0) is 0 Å². The number of pyridine rings is 1. The predicted molar refractivity (Wildman–Crippen MR) is 46.3 cm³/mol. The van der Waals surface area contributed by atoms with Gasteiger partial charge >= 0.3 is 0 Å². The van der Waals surface area contributed by atoms with E-state index in [0.29, 0.717) is 0 Å². The summed E-state index contributed by atoms with van der Waals surface area (Å²) in [6.45, 7) is 0. The third-order valence-corrected chi connectivity index (χ3v) is 2.18. The molecule has 1 N–H and O–H groups in total. The van der Waals surface area contributed by atoms with Gasteiger partial charge in [-0.1, -0.05) is 0 Å². The van der Waals surface area contributed by atoms with Crippen molar-refractivity contribution in [3.63, 3.8) is 0 Å². The Kier molecular flexibility index (Phi) is 3.02. The number of aromatic nitrogens is 1. The van der Waals surface area contributed by atoms with Gasteiger partial charge in [0, 0.05) is 6.20 Å². The molecule has 0 aliphatic rings. The lowest BCUT2D eigenvalue weighted by molar-refractivity contribution is 0.149. The summed E-state index contributed by atoms with van der Waals surface area (Å²) in [4.78, 5) is 13.6. The Hall–Kier alpha value is -0.910. The topological polar surface area (TPSA) is 42.1 Å². The molecule has 1 heterocycles. The zero-order valence-corrected chi connectivity index (χ0v) is 8.19. The molecule has 0 amide bonds. The summed E-state index contributed by atoms with van der Waals surface area (Å²) in [5.41, 5.74) is -1.33. The molecule has 0 atom stereocenters. The number of rotatable bonds is 2. The van der Waals surface area contributed by atoms with Gasteiger partial charge in [-0.25, -0.2) is 8.78 Å². The molecule has 6 heteroatoms. The van der Waals surface area contributed by atoms with E-state index in [-0.39, 0.29) is 10.4 Å². The Bertz CT molecular complexity index is 364. The van der Waals surface area contributed by atoms with Crippen molar-refractivity contribution in [2.45, 2.75) is 6.43 Å². The summed E-state index contributed by atoms with van der Waals surface area (Å²) >= 11 is 2.86. The van der Waals surface area contributed by atoms with Crippen LogP contribution in [0.2, 0.25) is 0 Å². The molecule has 0 spiro atoms. The molecule has 1 aromatic rings. The summed E-state index contributed by atoms with van der Waals surface area (Å²) in [5.74, 6) is 0.134. The Morgan fingerprint density at radius 2 is 2.23 bits per heavy atom. The van der Waals surface area contributed by atoms with Crippen LogP contribution in [0.25, 0.3) is 0 Å². The largest absolute Gasteiger partial charge is 0.481 e. The minimum absolute atomic E-state index is 0.0206. The zero-order chi connectivity index (χ0) is 10.0. The van der Waals surface area contributed by atoms with E-state index in [4.69, 9.17) is 4.74 Å². The van der Waals surface area contributed by atoms with E-state index >= 15 is 0 Å². The summed E-state index contributed by atoms with van der Waals surface area (Å²) in [6.07, 6.45) is -1.85. The van der Waals surface area contributed by atoms with Crippen LogP contribution in [0.15, 0.2) is 15.5 Å². The lowest BCUT2D eigenvalue weighted by Crippen LogP contribution is -2.12. The van der Waals surface area contributed by atoms with E-state index in [9.17, 15) is 13.6 Å². The monoisotopic (exact) mass is 253 g/mol. The van der Waals surface area contributed by atoms with Crippen LogP contribution >= 0.6 is 15.9 Å². The van der Waals surface area contributed by atoms with Gasteiger partial charge < -0.3 is 9.72 Å². The van der Waals surface area contributed by atoms with Crippen LogP contribution in [0.4, 0.5) is 8.78 Å². The van der Waals surface area contributed by atoms with Crippen molar-refractivity contribution < 1.29 is 13.5 Å². The molecule has 0 aromatic carbocycles. The van der Waals surface area contributed by atoms with Gasteiger partial charge in [0.15, 0.2) is 0 Å². The number of hydrogen-bond donors (Lipinski definition) is 1.